The molecule has 1 aromatic carbocycles. The van der Waals surface area contributed by atoms with E-state index >= 15 is 0 Å². The average Bonchev–Trinajstić information content (AvgIpc) is 2.86. The van der Waals surface area contributed by atoms with Crippen molar-refractivity contribution in [1.82, 2.24) is 19.7 Å². The number of fused-ring (bicyclic) bond motifs is 1. The summed E-state index contributed by atoms with van der Waals surface area (Å²) < 4.78 is 1.22. The van der Waals surface area contributed by atoms with Crippen LogP contribution in [0.15, 0.2) is 29.6 Å². The summed E-state index contributed by atoms with van der Waals surface area (Å²) in [5.74, 6) is -0.149. The van der Waals surface area contributed by atoms with Crippen LogP contribution in [0, 0.1) is 6.92 Å². The zero-order valence-corrected chi connectivity index (χ0v) is 10.6. The fourth-order valence-corrected chi connectivity index (χ4v) is 2.10. The van der Waals surface area contributed by atoms with Crippen molar-refractivity contribution in [2.75, 3.05) is 0 Å². The Morgan fingerprint density at radius 3 is 2.89 bits per heavy atom. The lowest BCUT2D eigenvalue weighted by Crippen LogP contribution is -2.15. The summed E-state index contributed by atoms with van der Waals surface area (Å²) in [6.07, 6.45) is 2.63. The van der Waals surface area contributed by atoms with Crippen LogP contribution in [-0.4, -0.2) is 24.9 Å². The molecule has 96 valence electrons. The molecule has 0 fully saturated rings. The van der Waals surface area contributed by atoms with E-state index in [0.29, 0.717) is 15.9 Å². The number of nitrogens with zero attached hydrogens (tertiary/aromatic N) is 3. The highest BCUT2D eigenvalue weighted by molar-refractivity contribution is 6.32. The fraction of sp³-hybridized carbons (Fsp3) is 0.0833. The number of hydrogen-bond acceptors (Lipinski definition) is 4. The van der Waals surface area contributed by atoms with Crippen molar-refractivity contribution in [1.29, 1.82) is 0 Å². The summed E-state index contributed by atoms with van der Waals surface area (Å²) in [5.41, 5.74) is 0.852. The summed E-state index contributed by atoms with van der Waals surface area (Å²) >= 11 is 6.00. The van der Waals surface area contributed by atoms with E-state index in [1.165, 1.54) is 17.3 Å². The molecule has 0 spiro atoms. The van der Waals surface area contributed by atoms with Crippen molar-refractivity contribution in [3.8, 4) is 11.4 Å². The molecular formula is C12H9ClN4O2. The maximum absolute atomic E-state index is 12.0. The summed E-state index contributed by atoms with van der Waals surface area (Å²) in [6.45, 7) is 1.82. The van der Waals surface area contributed by atoms with Gasteiger partial charge < -0.3 is 10.1 Å². The van der Waals surface area contributed by atoms with Crippen molar-refractivity contribution in [2.24, 2.45) is 0 Å². The van der Waals surface area contributed by atoms with Crippen LogP contribution in [0.2, 0.25) is 5.02 Å². The molecule has 0 saturated carbocycles. The standard InChI is InChI=1S/C12H9ClN4O2/c1-6-2-7-9(3-8(6)13)16-12(19)10(11(7)18)17-5-14-4-15-17/h2-5H,1H3,(H2,16,18,19). The van der Waals surface area contributed by atoms with Gasteiger partial charge in [0.15, 0.2) is 11.4 Å². The molecular weight excluding hydrogens is 268 g/mol. The Balaban J connectivity index is 2.43. The van der Waals surface area contributed by atoms with Crippen molar-refractivity contribution in [3.63, 3.8) is 0 Å². The number of hydrogen-bond donors (Lipinski definition) is 2. The van der Waals surface area contributed by atoms with Gasteiger partial charge in [0.2, 0.25) is 0 Å². The van der Waals surface area contributed by atoms with Crippen LogP contribution in [-0.2, 0) is 0 Å². The van der Waals surface area contributed by atoms with E-state index < -0.39 is 5.56 Å². The van der Waals surface area contributed by atoms with E-state index in [1.54, 1.807) is 12.1 Å². The molecule has 7 heteroatoms. The third-order valence-electron chi connectivity index (χ3n) is 2.89. The molecule has 0 saturated heterocycles. The normalized spacial score (nSPS) is 11.1. The van der Waals surface area contributed by atoms with Crippen LogP contribution in [0.1, 0.15) is 5.56 Å². The summed E-state index contributed by atoms with van der Waals surface area (Å²) in [5, 5.41) is 15.2. The second-order valence-electron chi connectivity index (χ2n) is 4.14. The van der Waals surface area contributed by atoms with E-state index in [4.69, 9.17) is 11.6 Å². The molecule has 3 rings (SSSR count). The number of H-pyrrole nitrogens is 1. The molecule has 19 heavy (non-hydrogen) atoms. The Labute approximate surface area is 112 Å². The van der Waals surface area contributed by atoms with Gasteiger partial charge in [0.1, 0.15) is 12.7 Å². The number of nitrogens with one attached hydrogen (secondary N) is 1. The lowest BCUT2D eigenvalue weighted by atomic mass is 10.1. The number of halogens is 1. The first-order chi connectivity index (χ1) is 9.08. The van der Waals surface area contributed by atoms with Gasteiger partial charge in [-0.2, -0.15) is 5.10 Å². The number of pyridine rings is 1. The summed E-state index contributed by atoms with van der Waals surface area (Å²) in [6, 6.07) is 3.32. The number of aromatic nitrogens is 4. The minimum atomic E-state index is -0.463. The second kappa shape index (κ2) is 4.10. The predicted octanol–water partition coefficient (Wildman–Crippen LogP) is 1.78. The van der Waals surface area contributed by atoms with Crippen LogP contribution >= 0.6 is 11.6 Å². The van der Waals surface area contributed by atoms with Gasteiger partial charge >= 0.3 is 0 Å². The third kappa shape index (κ3) is 1.77. The van der Waals surface area contributed by atoms with E-state index in [2.05, 4.69) is 15.1 Å². The summed E-state index contributed by atoms with van der Waals surface area (Å²) in [7, 11) is 0. The first-order valence-corrected chi connectivity index (χ1v) is 5.86. The molecule has 2 N–H and O–H groups in total. The molecule has 0 atom stereocenters. The van der Waals surface area contributed by atoms with Crippen LogP contribution in [0.4, 0.5) is 0 Å². The van der Waals surface area contributed by atoms with Gasteiger partial charge in [-0.05, 0) is 24.6 Å². The Kier molecular flexibility index (Phi) is 2.53. The second-order valence-corrected chi connectivity index (χ2v) is 4.55. The van der Waals surface area contributed by atoms with Crippen molar-refractivity contribution < 1.29 is 5.11 Å². The summed E-state index contributed by atoms with van der Waals surface area (Å²) in [4.78, 5) is 18.4. The minimum absolute atomic E-state index is 0.0340. The zero-order chi connectivity index (χ0) is 13.6. The first kappa shape index (κ1) is 11.7. The van der Waals surface area contributed by atoms with Gasteiger partial charge in [-0.25, -0.2) is 9.67 Å². The SMILES string of the molecule is Cc1cc2c(O)c(-n3cncn3)c(=O)[nH]c2cc1Cl. The Morgan fingerprint density at radius 2 is 2.21 bits per heavy atom. The van der Waals surface area contributed by atoms with Crippen LogP contribution in [0.3, 0.4) is 0 Å². The van der Waals surface area contributed by atoms with E-state index in [-0.39, 0.29) is 11.4 Å². The number of aromatic amines is 1. The van der Waals surface area contributed by atoms with Gasteiger partial charge in [0.05, 0.1) is 5.52 Å². The first-order valence-electron chi connectivity index (χ1n) is 5.48. The van der Waals surface area contributed by atoms with Gasteiger partial charge in [-0.1, -0.05) is 11.6 Å². The monoisotopic (exact) mass is 276 g/mol. The van der Waals surface area contributed by atoms with Crippen LogP contribution in [0.25, 0.3) is 16.6 Å². The zero-order valence-electron chi connectivity index (χ0n) is 9.88. The van der Waals surface area contributed by atoms with Gasteiger partial charge in [0.25, 0.3) is 5.56 Å². The molecule has 0 aliphatic carbocycles. The van der Waals surface area contributed by atoms with Crippen LogP contribution in [0.5, 0.6) is 5.75 Å². The third-order valence-corrected chi connectivity index (χ3v) is 3.30. The van der Waals surface area contributed by atoms with Crippen molar-refractivity contribution in [2.45, 2.75) is 6.92 Å². The van der Waals surface area contributed by atoms with Gasteiger partial charge in [0, 0.05) is 10.4 Å². The fourth-order valence-electron chi connectivity index (χ4n) is 1.93. The molecule has 6 nitrogen and oxygen atoms in total. The number of benzene rings is 1. The molecule has 0 unspecified atom stereocenters. The van der Waals surface area contributed by atoms with E-state index in [0.717, 1.165) is 5.56 Å². The average molecular weight is 277 g/mol. The van der Waals surface area contributed by atoms with E-state index in [9.17, 15) is 9.90 Å². The Hall–Kier alpha value is -2.34. The topological polar surface area (TPSA) is 83.8 Å². The number of aryl methyl sites for hydroxylation is 1. The quantitative estimate of drug-likeness (QED) is 0.709. The molecule has 2 heterocycles. The lowest BCUT2D eigenvalue weighted by molar-refractivity contribution is 0.475. The Bertz CT molecular complexity index is 824. The number of aromatic hydroxyl groups is 1. The molecule has 3 aromatic rings. The van der Waals surface area contributed by atoms with Crippen LogP contribution < -0.4 is 5.56 Å². The highest BCUT2D eigenvalue weighted by Gasteiger charge is 2.15. The molecule has 0 bridgehead atoms. The molecule has 0 radical (unpaired) electrons. The van der Waals surface area contributed by atoms with Gasteiger partial charge in [-0.15, -0.1) is 0 Å². The molecule has 0 aliphatic rings. The highest BCUT2D eigenvalue weighted by Crippen LogP contribution is 2.30. The molecule has 2 aromatic heterocycles. The van der Waals surface area contributed by atoms with Crippen molar-refractivity contribution in [3.05, 3.63) is 45.7 Å². The minimum Gasteiger partial charge on any atom is -0.505 e. The lowest BCUT2D eigenvalue weighted by Gasteiger charge is -2.08. The molecule has 0 amide bonds. The largest absolute Gasteiger partial charge is 0.505 e. The predicted molar refractivity (Wildman–Crippen MR) is 70.9 cm³/mol. The van der Waals surface area contributed by atoms with Gasteiger partial charge in [-0.3, -0.25) is 4.79 Å². The van der Waals surface area contributed by atoms with E-state index in [1.807, 2.05) is 6.92 Å². The maximum atomic E-state index is 12.0. The van der Waals surface area contributed by atoms with Crippen molar-refractivity contribution >= 4 is 22.5 Å². The number of rotatable bonds is 1. The Morgan fingerprint density at radius 1 is 1.42 bits per heavy atom. The maximum Gasteiger partial charge on any atom is 0.278 e. The molecule has 0 aliphatic heterocycles. The highest BCUT2D eigenvalue weighted by atomic mass is 35.5. The smallest absolute Gasteiger partial charge is 0.278 e.